The number of rotatable bonds is 3. The molecule has 0 aliphatic heterocycles. The Morgan fingerprint density at radius 3 is 2.00 bits per heavy atom. The maximum absolute atomic E-state index is 9.95. The van der Waals surface area contributed by atoms with Gasteiger partial charge in [-0.25, -0.2) is 0 Å². The number of hydrogen-bond acceptors (Lipinski definition) is 2. The van der Waals surface area contributed by atoms with Crippen LogP contribution in [0.15, 0.2) is 36.4 Å². The first-order valence-electron chi connectivity index (χ1n) is 6.29. The molecule has 2 aromatic carbocycles. The molecule has 0 fully saturated rings. The van der Waals surface area contributed by atoms with Crippen molar-refractivity contribution in [1.29, 1.82) is 0 Å². The molecule has 0 radical (unpaired) electrons. The van der Waals surface area contributed by atoms with Crippen LogP contribution in [0.1, 0.15) is 25.0 Å². The highest BCUT2D eigenvalue weighted by molar-refractivity contribution is 5.74. The first-order valence-corrected chi connectivity index (χ1v) is 6.29. The molecule has 2 nitrogen and oxygen atoms in total. The second-order valence-corrected chi connectivity index (χ2v) is 4.42. The summed E-state index contributed by atoms with van der Waals surface area (Å²) in [5.41, 5.74) is 3.89. The highest BCUT2D eigenvalue weighted by Crippen LogP contribution is 2.37. The minimum Gasteiger partial charge on any atom is -0.504 e. The Hall–Kier alpha value is -1.96. The fourth-order valence-corrected chi connectivity index (χ4v) is 2.02. The molecule has 0 amide bonds. The second-order valence-electron chi connectivity index (χ2n) is 4.42. The van der Waals surface area contributed by atoms with Crippen LogP contribution in [0.4, 0.5) is 0 Å². The lowest BCUT2D eigenvalue weighted by molar-refractivity contribution is 0.404. The molecular weight excluding hydrogens is 224 g/mol. The monoisotopic (exact) mass is 242 g/mol. The lowest BCUT2D eigenvalue weighted by atomic mass is 9.99. The number of hydrogen-bond donors (Lipinski definition) is 2. The summed E-state index contributed by atoms with van der Waals surface area (Å²) in [5, 5.41) is 19.7. The maximum atomic E-state index is 9.95. The molecular formula is C16H18O2. The molecule has 2 heteroatoms. The number of phenolic OH excluding ortho intramolecular Hbond substituents is 2. The van der Waals surface area contributed by atoms with Gasteiger partial charge in [0.25, 0.3) is 0 Å². The second kappa shape index (κ2) is 5.13. The molecule has 2 rings (SSSR count). The van der Waals surface area contributed by atoms with Gasteiger partial charge in [0.2, 0.25) is 0 Å². The third-order valence-electron chi connectivity index (χ3n) is 3.23. The smallest absolute Gasteiger partial charge is 0.165 e. The van der Waals surface area contributed by atoms with Gasteiger partial charge in [0.1, 0.15) is 0 Å². The quantitative estimate of drug-likeness (QED) is 0.802. The van der Waals surface area contributed by atoms with Gasteiger partial charge in [-0.05, 0) is 41.7 Å². The van der Waals surface area contributed by atoms with E-state index in [4.69, 9.17) is 0 Å². The lowest BCUT2D eigenvalue weighted by Gasteiger charge is -2.10. The Labute approximate surface area is 108 Å². The molecule has 0 aliphatic carbocycles. The molecule has 2 aromatic rings. The molecule has 0 saturated carbocycles. The third kappa shape index (κ3) is 2.33. The standard InChI is InChI=1S/C16H18O2/c1-3-11-5-7-13(8-6-11)14-9-12(4-2)10-15(17)16(14)18/h5-10,17-18H,3-4H2,1-2H3. The zero-order valence-electron chi connectivity index (χ0n) is 10.8. The number of aryl methyl sites for hydroxylation is 2. The van der Waals surface area contributed by atoms with Crippen molar-refractivity contribution in [2.45, 2.75) is 26.7 Å². The van der Waals surface area contributed by atoms with Crippen LogP contribution < -0.4 is 0 Å². The van der Waals surface area contributed by atoms with Gasteiger partial charge in [-0.3, -0.25) is 0 Å². The van der Waals surface area contributed by atoms with Crippen molar-refractivity contribution in [1.82, 2.24) is 0 Å². The van der Waals surface area contributed by atoms with Crippen molar-refractivity contribution in [3.63, 3.8) is 0 Å². The van der Waals surface area contributed by atoms with E-state index in [0.717, 1.165) is 24.0 Å². The highest BCUT2D eigenvalue weighted by Gasteiger charge is 2.10. The van der Waals surface area contributed by atoms with Crippen LogP contribution in [0.2, 0.25) is 0 Å². The molecule has 0 heterocycles. The molecule has 0 unspecified atom stereocenters. The first kappa shape index (κ1) is 12.5. The van der Waals surface area contributed by atoms with Gasteiger partial charge in [0.15, 0.2) is 11.5 Å². The molecule has 2 N–H and O–H groups in total. The maximum Gasteiger partial charge on any atom is 0.165 e. The van der Waals surface area contributed by atoms with Crippen molar-refractivity contribution in [2.24, 2.45) is 0 Å². The number of phenols is 2. The molecule has 0 aliphatic rings. The molecule has 94 valence electrons. The van der Waals surface area contributed by atoms with Crippen LogP contribution in [0.25, 0.3) is 11.1 Å². The molecule has 0 bridgehead atoms. The van der Waals surface area contributed by atoms with E-state index in [2.05, 4.69) is 6.92 Å². The van der Waals surface area contributed by atoms with E-state index >= 15 is 0 Å². The summed E-state index contributed by atoms with van der Waals surface area (Å²) in [7, 11) is 0. The fourth-order valence-electron chi connectivity index (χ4n) is 2.02. The zero-order chi connectivity index (χ0) is 13.1. The minimum absolute atomic E-state index is 0.0450. The van der Waals surface area contributed by atoms with Crippen LogP contribution in [0.5, 0.6) is 11.5 Å². The van der Waals surface area contributed by atoms with E-state index in [1.807, 2.05) is 37.3 Å². The topological polar surface area (TPSA) is 40.5 Å². The predicted octanol–water partition coefficient (Wildman–Crippen LogP) is 3.89. The summed E-state index contributed by atoms with van der Waals surface area (Å²) >= 11 is 0. The van der Waals surface area contributed by atoms with Crippen molar-refractivity contribution in [2.75, 3.05) is 0 Å². The van der Waals surface area contributed by atoms with Crippen molar-refractivity contribution in [3.8, 4) is 22.6 Å². The Bertz CT molecular complexity index is 542. The van der Waals surface area contributed by atoms with Crippen molar-refractivity contribution in [3.05, 3.63) is 47.5 Å². The van der Waals surface area contributed by atoms with E-state index in [1.165, 1.54) is 5.56 Å². The predicted molar refractivity (Wildman–Crippen MR) is 74.0 cm³/mol. The van der Waals surface area contributed by atoms with E-state index < -0.39 is 0 Å². The molecule has 18 heavy (non-hydrogen) atoms. The number of benzene rings is 2. The van der Waals surface area contributed by atoms with Crippen LogP contribution in [-0.4, -0.2) is 10.2 Å². The normalized spacial score (nSPS) is 10.6. The van der Waals surface area contributed by atoms with Gasteiger partial charge >= 0.3 is 0 Å². The SMILES string of the molecule is CCc1ccc(-c2cc(CC)cc(O)c2O)cc1. The van der Waals surface area contributed by atoms with Crippen LogP contribution in [0, 0.1) is 0 Å². The summed E-state index contributed by atoms with van der Waals surface area (Å²) in [5.74, 6) is -0.0969. The van der Waals surface area contributed by atoms with Crippen LogP contribution >= 0.6 is 0 Å². The van der Waals surface area contributed by atoms with Gasteiger partial charge in [0.05, 0.1) is 0 Å². The van der Waals surface area contributed by atoms with Gasteiger partial charge in [-0.15, -0.1) is 0 Å². The lowest BCUT2D eigenvalue weighted by Crippen LogP contribution is -1.86. The molecule has 0 spiro atoms. The average Bonchev–Trinajstić information content (AvgIpc) is 2.42. The van der Waals surface area contributed by atoms with Crippen LogP contribution in [-0.2, 0) is 12.8 Å². The molecule has 0 saturated heterocycles. The van der Waals surface area contributed by atoms with Crippen molar-refractivity contribution >= 4 is 0 Å². The largest absolute Gasteiger partial charge is 0.504 e. The van der Waals surface area contributed by atoms with E-state index in [1.54, 1.807) is 6.07 Å². The van der Waals surface area contributed by atoms with Crippen molar-refractivity contribution < 1.29 is 10.2 Å². The minimum atomic E-state index is -0.0519. The number of aromatic hydroxyl groups is 2. The average molecular weight is 242 g/mol. The fraction of sp³-hybridized carbons (Fsp3) is 0.250. The summed E-state index contributed by atoms with van der Waals surface area (Å²) in [4.78, 5) is 0. The summed E-state index contributed by atoms with van der Waals surface area (Å²) in [6.07, 6.45) is 1.82. The summed E-state index contributed by atoms with van der Waals surface area (Å²) in [6.45, 7) is 4.13. The zero-order valence-corrected chi connectivity index (χ0v) is 10.8. The Kier molecular flexibility index (Phi) is 3.56. The van der Waals surface area contributed by atoms with E-state index in [9.17, 15) is 10.2 Å². The Balaban J connectivity index is 2.51. The third-order valence-corrected chi connectivity index (χ3v) is 3.23. The van der Waals surface area contributed by atoms with Gasteiger partial charge in [-0.1, -0.05) is 38.1 Å². The van der Waals surface area contributed by atoms with E-state index in [0.29, 0.717) is 5.56 Å². The highest BCUT2D eigenvalue weighted by atomic mass is 16.3. The van der Waals surface area contributed by atoms with Gasteiger partial charge < -0.3 is 10.2 Å². The van der Waals surface area contributed by atoms with Gasteiger partial charge in [-0.2, -0.15) is 0 Å². The molecule has 0 atom stereocenters. The van der Waals surface area contributed by atoms with Crippen LogP contribution in [0.3, 0.4) is 0 Å². The van der Waals surface area contributed by atoms with Gasteiger partial charge in [0, 0.05) is 5.56 Å². The van der Waals surface area contributed by atoms with E-state index in [-0.39, 0.29) is 11.5 Å². The Morgan fingerprint density at radius 1 is 0.833 bits per heavy atom. The summed E-state index contributed by atoms with van der Waals surface area (Å²) in [6, 6.07) is 11.6. The Morgan fingerprint density at radius 2 is 1.44 bits per heavy atom. The first-order chi connectivity index (χ1) is 8.65. The molecule has 0 aromatic heterocycles. The summed E-state index contributed by atoms with van der Waals surface area (Å²) < 4.78 is 0.